The number of rotatable bonds is 6. The molecular weight excluding hydrogens is 200 g/mol. The Hall–Kier alpha value is -0.690. The van der Waals surface area contributed by atoms with Gasteiger partial charge in [0.05, 0.1) is 0 Å². The van der Waals surface area contributed by atoms with Crippen molar-refractivity contribution in [2.75, 3.05) is 0 Å². The highest BCUT2D eigenvalue weighted by atomic mass is 32.2. The summed E-state index contributed by atoms with van der Waals surface area (Å²) in [6.07, 6.45) is 7.55. The first kappa shape index (κ1) is 12.4. The molecule has 0 bridgehead atoms. The lowest BCUT2D eigenvalue weighted by Crippen LogP contribution is -1.74. The van der Waals surface area contributed by atoms with E-state index in [9.17, 15) is 0 Å². The Morgan fingerprint density at radius 1 is 1.20 bits per heavy atom. The van der Waals surface area contributed by atoms with Crippen LogP contribution in [0.3, 0.4) is 0 Å². The number of hydrogen-bond acceptors (Lipinski definition) is 1. The predicted molar refractivity (Wildman–Crippen MR) is 70.2 cm³/mol. The van der Waals surface area contributed by atoms with Crippen LogP contribution >= 0.6 is 11.8 Å². The summed E-state index contributed by atoms with van der Waals surface area (Å²) in [4.78, 5) is 2.75. The topological polar surface area (TPSA) is 0 Å². The second-order valence-electron chi connectivity index (χ2n) is 3.73. The second-order valence-corrected chi connectivity index (χ2v) is 5.05. The molecular formula is C14H20S. The number of allylic oxidation sites excluding steroid dienone is 2. The van der Waals surface area contributed by atoms with Gasteiger partial charge in [0.15, 0.2) is 0 Å². The quantitative estimate of drug-likeness (QED) is 0.465. The molecule has 0 aliphatic carbocycles. The van der Waals surface area contributed by atoms with Crippen LogP contribution < -0.4 is 0 Å². The Morgan fingerprint density at radius 3 is 2.60 bits per heavy atom. The van der Waals surface area contributed by atoms with Crippen molar-refractivity contribution in [1.82, 2.24) is 0 Å². The highest BCUT2D eigenvalue weighted by Crippen LogP contribution is 2.26. The molecule has 0 radical (unpaired) electrons. The van der Waals surface area contributed by atoms with Gasteiger partial charge < -0.3 is 0 Å². The molecule has 0 aromatic heterocycles. The SMILES string of the molecule is CCCCCC=C(C)Sc1ccccc1. The van der Waals surface area contributed by atoms with Crippen molar-refractivity contribution in [3.8, 4) is 0 Å². The lowest BCUT2D eigenvalue weighted by Gasteiger charge is -2.01. The fourth-order valence-corrected chi connectivity index (χ4v) is 2.28. The van der Waals surface area contributed by atoms with Crippen LogP contribution in [0.25, 0.3) is 0 Å². The van der Waals surface area contributed by atoms with E-state index in [1.54, 1.807) is 0 Å². The van der Waals surface area contributed by atoms with Gasteiger partial charge in [0, 0.05) is 4.90 Å². The lowest BCUT2D eigenvalue weighted by atomic mass is 10.2. The van der Waals surface area contributed by atoms with E-state index < -0.39 is 0 Å². The van der Waals surface area contributed by atoms with Crippen molar-refractivity contribution in [3.05, 3.63) is 41.3 Å². The summed E-state index contributed by atoms with van der Waals surface area (Å²) in [7, 11) is 0. The maximum Gasteiger partial charge on any atom is 0.0118 e. The van der Waals surface area contributed by atoms with Gasteiger partial charge in [-0.3, -0.25) is 0 Å². The van der Waals surface area contributed by atoms with E-state index in [2.05, 4.69) is 50.3 Å². The van der Waals surface area contributed by atoms with E-state index >= 15 is 0 Å². The average molecular weight is 220 g/mol. The number of benzene rings is 1. The first-order valence-electron chi connectivity index (χ1n) is 5.72. The van der Waals surface area contributed by atoms with Crippen molar-refractivity contribution in [2.24, 2.45) is 0 Å². The summed E-state index contributed by atoms with van der Waals surface area (Å²) < 4.78 is 0. The van der Waals surface area contributed by atoms with Crippen LogP contribution in [0.2, 0.25) is 0 Å². The first-order chi connectivity index (χ1) is 7.33. The van der Waals surface area contributed by atoms with Crippen LogP contribution in [0.1, 0.15) is 39.5 Å². The maximum atomic E-state index is 2.35. The summed E-state index contributed by atoms with van der Waals surface area (Å²) in [6, 6.07) is 10.6. The van der Waals surface area contributed by atoms with Crippen LogP contribution in [0, 0.1) is 0 Å². The number of hydrogen-bond donors (Lipinski definition) is 0. The van der Waals surface area contributed by atoms with Crippen molar-refractivity contribution < 1.29 is 0 Å². The zero-order valence-electron chi connectivity index (χ0n) is 9.70. The van der Waals surface area contributed by atoms with Crippen molar-refractivity contribution >= 4 is 11.8 Å². The maximum absolute atomic E-state index is 2.35. The van der Waals surface area contributed by atoms with Gasteiger partial charge >= 0.3 is 0 Å². The van der Waals surface area contributed by atoms with Gasteiger partial charge in [-0.05, 0) is 36.8 Å². The van der Waals surface area contributed by atoms with E-state index in [1.165, 1.54) is 35.5 Å². The third-order valence-electron chi connectivity index (χ3n) is 2.26. The van der Waals surface area contributed by atoms with Gasteiger partial charge in [0.25, 0.3) is 0 Å². The van der Waals surface area contributed by atoms with E-state index in [0.717, 1.165) is 0 Å². The monoisotopic (exact) mass is 220 g/mol. The molecule has 0 heterocycles. The molecule has 0 aliphatic heterocycles. The zero-order chi connectivity index (χ0) is 10.9. The zero-order valence-corrected chi connectivity index (χ0v) is 10.5. The minimum absolute atomic E-state index is 1.22. The molecule has 0 saturated carbocycles. The van der Waals surface area contributed by atoms with Crippen LogP contribution in [0.15, 0.2) is 46.2 Å². The molecule has 0 spiro atoms. The molecule has 1 heteroatoms. The summed E-state index contributed by atoms with van der Waals surface area (Å²) in [5.41, 5.74) is 0. The Balaban J connectivity index is 2.32. The Bertz CT molecular complexity index is 287. The van der Waals surface area contributed by atoms with Crippen molar-refractivity contribution in [3.63, 3.8) is 0 Å². The van der Waals surface area contributed by atoms with Gasteiger partial charge in [-0.2, -0.15) is 0 Å². The van der Waals surface area contributed by atoms with E-state index in [4.69, 9.17) is 0 Å². The molecule has 0 aliphatic rings. The van der Waals surface area contributed by atoms with Gasteiger partial charge in [-0.15, -0.1) is 0 Å². The number of thioether (sulfide) groups is 1. The highest BCUT2D eigenvalue weighted by Gasteiger charge is 1.93. The van der Waals surface area contributed by atoms with Crippen molar-refractivity contribution in [1.29, 1.82) is 0 Å². The Labute approximate surface area is 97.8 Å². The molecule has 0 saturated heterocycles. The molecule has 0 nitrogen and oxygen atoms in total. The third-order valence-corrected chi connectivity index (χ3v) is 3.26. The standard InChI is InChI=1S/C14H20S/c1-3-4-5-7-10-13(2)15-14-11-8-6-9-12-14/h6,8-12H,3-5,7H2,1-2H3. The average Bonchev–Trinajstić information content (AvgIpc) is 2.26. The molecule has 0 fully saturated rings. The van der Waals surface area contributed by atoms with Crippen LogP contribution in [-0.4, -0.2) is 0 Å². The van der Waals surface area contributed by atoms with Crippen LogP contribution in [-0.2, 0) is 0 Å². The smallest absolute Gasteiger partial charge is 0.0118 e. The fraction of sp³-hybridized carbons (Fsp3) is 0.429. The molecule has 1 aromatic rings. The highest BCUT2D eigenvalue weighted by molar-refractivity contribution is 8.03. The summed E-state index contributed by atoms with van der Waals surface area (Å²) in [5, 5.41) is 0. The largest absolute Gasteiger partial charge is 0.0952 e. The second kappa shape index (κ2) is 7.58. The minimum Gasteiger partial charge on any atom is -0.0952 e. The van der Waals surface area contributed by atoms with Gasteiger partial charge in [0.1, 0.15) is 0 Å². The molecule has 0 amide bonds. The lowest BCUT2D eigenvalue weighted by molar-refractivity contribution is 0.728. The molecule has 15 heavy (non-hydrogen) atoms. The van der Waals surface area contributed by atoms with Crippen LogP contribution in [0.4, 0.5) is 0 Å². The van der Waals surface area contributed by atoms with Gasteiger partial charge in [0.2, 0.25) is 0 Å². The van der Waals surface area contributed by atoms with E-state index in [0.29, 0.717) is 0 Å². The predicted octanol–water partition coefficient (Wildman–Crippen LogP) is 5.26. The summed E-state index contributed by atoms with van der Waals surface area (Å²) in [6.45, 7) is 4.44. The Kier molecular flexibility index (Phi) is 6.26. The minimum atomic E-state index is 1.22. The van der Waals surface area contributed by atoms with Gasteiger partial charge in [-0.25, -0.2) is 0 Å². The molecule has 0 atom stereocenters. The van der Waals surface area contributed by atoms with E-state index in [1.807, 2.05) is 11.8 Å². The third kappa shape index (κ3) is 5.68. The van der Waals surface area contributed by atoms with Crippen molar-refractivity contribution in [2.45, 2.75) is 44.4 Å². The number of unbranched alkanes of at least 4 members (excludes halogenated alkanes) is 3. The molecule has 0 N–H and O–H groups in total. The Morgan fingerprint density at radius 2 is 1.93 bits per heavy atom. The molecule has 0 unspecified atom stereocenters. The molecule has 1 aromatic carbocycles. The summed E-state index contributed by atoms with van der Waals surface area (Å²) in [5.74, 6) is 0. The molecule has 1 rings (SSSR count). The van der Waals surface area contributed by atoms with Gasteiger partial charge in [-0.1, -0.05) is 55.8 Å². The summed E-state index contributed by atoms with van der Waals surface area (Å²) >= 11 is 1.86. The van der Waals surface area contributed by atoms with E-state index in [-0.39, 0.29) is 0 Å². The normalized spacial score (nSPS) is 11.7. The first-order valence-corrected chi connectivity index (χ1v) is 6.54. The van der Waals surface area contributed by atoms with Crippen LogP contribution in [0.5, 0.6) is 0 Å². The molecule has 82 valence electrons. The fourth-order valence-electron chi connectivity index (χ4n) is 1.42.